The van der Waals surface area contributed by atoms with Gasteiger partial charge in [-0.1, -0.05) is 73.6 Å². The number of hydroxylamine groups is 8. The minimum Gasteiger partial charge on any atom is -0.338 e. The first kappa shape index (κ1) is 74.7. The largest absolute Gasteiger partial charge is 0.338 e. The van der Waals surface area contributed by atoms with Crippen molar-refractivity contribution in [1.82, 2.24) is 55.1 Å². The number of aromatic nitrogens is 6. The van der Waals surface area contributed by atoms with Gasteiger partial charge in [0.05, 0.1) is 43.5 Å². The molecule has 6 heterocycles. The normalized spacial score (nSPS) is 22.9. The Labute approximate surface area is 545 Å². The fourth-order valence-electron chi connectivity index (χ4n) is 16.3. The van der Waals surface area contributed by atoms with Gasteiger partial charge >= 0.3 is 0 Å². The van der Waals surface area contributed by atoms with E-state index in [0.29, 0.717) is 44.3 Å². The standard InChI is InChI=1S/C68H126Cl2N14O4/c1-23-29-36-78(51-43-61(7,8)81(85-39-25-3)62(9,10)44-51)58-72-55(71-56(69)73-58)54(77-49-67(19,20)84(88-42-28-6)68(21,22)50-77)35-33-31-32-34-38-80(53-47-65(15,16)83(87-41-27-5)66(17,18)48-53)60-75-57(70)74-59(76-60)79(37-30-24-2)52-45-63(11,12)82(86-40-26-4)64(13,14)46-52/h51-54H,23-50H2,1-22H3. The van der Waals surface area contributed by atoms with E-state index in [4.69, 9.17) is 72.5 Å². The zero-order chi connectivity index (χ0) is 65.3. The molecule has 506 valence electrons. The Balaban J connectivity index is 1.33. The van der Waals surface area contributed by atoms with Gasteiger partial charge in [-0.05, 0) is 224 Å². The minimum atomic E-state index is -0.295. The Kier molecular flexibility index (Phi) is 26.5. The van der Waals surface area contributed by atoms with Crippen molar-refractivity contribution in [3.05, 3.63) is 16.4 Å². The molecule has 4 aliphatic heterocycles. The summed E-state index contributed by atoms with van der Waals surface area (Å²) in [5, 5.41) is 9.53. The van der Waals surface area contributed by atoms with Crippen LogP contribution in [0, 0.1) is 0 Å². The van der Waals surface area contributed by atoms with Crippen LogP contribution in [-0.2, 0) is 19.4 Å². The van der Waals surface area contributed by atoms with Crippen LogP contribution in [-0.4, -0.2) is 177 Å². The third kappa shape index (κ3) is 18.7. The summed E-state index contributed by atoms with van der Waals surface area (Å²) in [5.74, 6) is 2.74. The van der Waals surface area contributed by atoms with E-state index in [1.54, 1.807) is 0 Å². The highest BCUT2D eigenvalue weighted by atomic mass is 35.5. The summed E-state index contributed by atoms with van der Waals surface area (Å²) < 4.78 is 0. The van der Waals surface area contributed by atoms with E-state index in [9.17, 15) is 0 Å². The molecule has 2 aromatic heterocycles. The molecule has 0 radical (unpaired) electrons. The molecule has 4 saturated heterocycles. The molecule has 18 nitrogen and oxygen atoms in total. The Morgan fingerprint density at radius 2 is 0.670 bits per heavy atom. The van der Waals surface area contributed by atoms with Crippen molar-refractivity contribution in [1.29, 1.82) is 0 Å². The van der Waals surface area contributed by atoms with Gasteiger partial charge in [-0.15, -0.1) is 0 Å². The average Bonchev–Trinajstić information content (AvgIpc) is 1.93. The number of unbranched alkanes of at least 4 members (excludes halogenated alkanes) is 5. The van der Waals surface area contributed by atoms with Gasteiger partial charge in [-0.2, -0.15) is 45.2 Å². The van der Waals surface area contributed by atoms with E-state index >= 15 is 0 Å². The third-order valence-electron chi connectivity index (χ3n) is 18.8. The van der Waals surface area contributed by atoms with Crippen LogP contribution in [0.5, 0.6) is 0 Å². The Morgan fingerprint density at radius 3 is 1.00 bits per heavy atom. The van der Waals surface area contributed by atoms with Crippen molar-refractivity contribution in [3.8, 4) is 0 Å². The van der Waals surface area contributed by atoms with Crippen LogP contribution in [0.25, 0.3) is 0 Å². The van der Waals surface area contributed by atoms with E-state index in [0.717, 1.165) is 161 Å². The summed E-state index contributed by atoms with van der Waals surface area (Å²) in [5.41, 5.74) is -1.99. The molecule has 0 bridgehead atoms. The average molecular weight is 1270 g/mol. The van der Waals surface area contributed by atoms with Crippen LogP contribution in [0.1, 0.15) is 286 Å². The lowest BCUT2D eigenvalue weighted by molar-refractivity contribution is -0.292. The highest BCUT2D eigenvalue weighted by Crippen LogP contribution is 2.46. The molecule has 0 aromatic carbocycles. The second-order valence-corrected chi connectivity index (χ2v) is 32.3. The maximum Gasteiger partial charge on any atom is 0.231 e. The summed E-state index contributed by atoms with van der Waals surface area (Å²) in [6.45, 7) is 57.0. The van der Waals surface area contributed by atoms with Gasteiger partial charge < -0.3 is 14.7 Å². The van der Waals surface area contributed by atoms with E-state index in [1.807, 2.05) is 0 Å². The number of piperazine rings is 1. The molecule has 88 heavy (non-hydrogen) atoms. The summed E-state index contributed by atoms with van der Waals surface area (Å²) >= 11 is 14.4. The molecule has 4 aliphatic rings. The van der Waals surface area contributed by atoms with Crippen molar-refractivity contribution in [2.24, 2.45) is 0 Å². The molecule has 0 spiro atoms. The monoisotopic (exact) mass is 1270 g/mol. The summed E-state index contributed by atoms with van der Waals surface area (Å²) in [6, 6.07) is 0.357. The molecule has 6 rings (SSSR count). The fraction of sp³-hybridized carbons (Fsp3) is 0.912. The molecule has 0 aliphatic carbocycles. The molecule has 20 heteroatoms. The fourth-order valence-corrected chi connectivity index (χ4v) is 16.6. The molecule has 2 aromatic rings. The van der Waals surface area contributed by atoms with Crippen LogP contribution >= 0.6 is 23.2 Å². The van der Waals surface area contributed by atoms with Gasteiger partial charge in [0.25, 0.3) is 0 Å². The lowest BCUT2D eigenvalue weighted by Crippen LogP contribution is -2.68. The molecule has 1 atom stereocenters. The lowest BCUT2D eigenvalue weighted by atomic mass is 9.78. The molecule has 0 amide bonds. The Bertz CT molecular complexity index is 2230. The summed E-state index contributed by atoms with van der Waals surface area (Å²) in [4.78, 5) is 67.4. The highest BCUT2D eigenvalue weighted by Gasteiger charge is 2.53. The second-order valence-electron chi connectivity index (χ2n) is 31.6. The number of nitrogens with zero attached hydrogens (tertiary/aromatic N) is 14. The Morgan fingerprint density at radius 1 is 0.375 bits per heavy atom. The van der Waals surface area contributed by atoms with Crippen molar-refractivity contribution < 1.29 is 19.4 Å². The second kappa shape index (κ2) is 31.3. The first-order valence-electron chi connectivity index (χ1n) is 34.7. The van der Waals surface area contributed by atoms with Crippen molar-refractivity contribution in [2.75, 3.05) is 73.9 Å². The van der Waals surface area contributed by atoms with E-state index in [2.05, 4.69) is 192 Å². The first-order chi connectivity index (χ1) is 41.1. The number of hydrogen-bond acceptors (Lipinski definition) is 18. The topological polar surface area (TPSA) is 140 Å². The number of rotatable bonds is 33. The molecule has 4 fully saturated rings. The van der Waals surface area contributed by atoms with Gasteiger partial charge in [-0.25, -0.2) is 4.98 Å². The number of hydrogen-bond donors (Lipinski definition) is 0. The van der Waals surface area contributed by atoms with Crippen LogP contribution in [0.3, 0.4) is 0 Å². The minimum absolute atomic E-state index is 0.105. The smallest absolute Gasteiger partial charge is 0.231 e. The molecule has 0 saturated carbocycles. The van der Waals surface area contributed by atoms with E-state index < -0.39 is 0 Å². The molecular formula is C68H126Cl2N14O4. The predicted octanol–water partition coefficient (Wildman–Crippen LogP) is 15.7. The van der Waals surface area contributed by atoms with E-state index in [-0.39, 0.29) is 79.0 Å². The van der Waals surface area contributed by atoms with Crippen LogP contribution in [0.4, 0.5) is 17.8 Å². The first-order valence-corrected chi connectivity index (χ1v) is 35.5. The molecular weight excluding hydrogens is 1150 g/mol. The number of piperidine rings is 3. The number of halogens is 2. The third-order valence-corrected chi connectivity index (χ3v) is 19.2. The van der Waals surface area contributed by atoms with Gasteiger partial charge in [0.1, 0.15) is 0 Å². The highest BCUT2D eigenvalue weighted by molar-refractivity contribution is 6.28. The molecule has 0 N–H and O–H groups in total. The summed E-state index contributed by atoms with van der Waals surface area (Å²) in [7, 11) is 0. The van der Waals surface area contributed by atoms with E-state index in [1.165, 1.54) is 0 Å². The van der Waals surface area contributed by atoms with Gasteiger partial charge in [0.15, 0.2) is 5.82 Å². The van der Waals surface area contributed by atoms with Crippen molar-refractivity contribution in [3.63, 3.8) is 0 Å². The maximum atomic E-state index is 7.18. The zero-order valence-electron chi connectivity index (χ0n) is 59.8. The van der Waals surface area contributed by atoms with Crippen molar-refractivity contribution in [2.45, 2.75) is 343 Å². The van der Waals surface area contributed by atoms with Crippen LogP contribution in [0.2, 0.25) is 10.6 Å². The van der Waals surface area contributed by atoms with Crippen LogP contribution in [0.15, 0.2) is 0 Å². The van der Waals surface area contributed by atoms with Gasteiger partial charge in [0.2, 0.25) is 28.4 Å². The van der Waals surface area contributed by atoms with Gasteiger partial charge in [0, 0.05) is 84.1 Å². The Hall–Kier alpha value is -2.36. The predicted molar refractivity (Wildman–Crippen MR) is 363 cm³/mol. The summed E-state index contributed by atoms with van der Waals surface area (Å²) in [6.07, 6.45) is 18.1. The quantitative estimate of drug-likeness (QED) is 0.0625. The maximum absolute atomic E-state index is 7.18. The van der Waals surface area contributed by atoms with Crippen molar-refractivity contribution >= 4 is 41.0 Å². The van der Waals surface area contributed by atoms with Gasteiger partial charge in [-0.3, -0.25) is 24.3 Å². The molecule has 1 unspecified atom stereocenters. The SMILES string of the molecule is CCCCN(c1nc(Cl)nc(C(CCCCCCN(c2nc(Cl)nc(N(CCCC)C3CC(C)(C)N(OCCC)C(C)(C)C3)n2)C2CC(C)(C)N(OCCC)C(C)(C)C2)N2CC(C)(C)N(OCCC)C(C)(C)C2)n1)C1CC(C)(C)N(OCCC)C(C)(C)C1. The lowest BCUT2D eigenvalue weighted by Gasteiger charge is -2.56. The number of anilines is 3. The van der Waals surface area contributed by atoms with Crippen LogP contribution < -0.4 is 14.7 Å². The zero-order valence-corrected chi connectivity index (χ0v) is 61.3.